The van der Waals surface area contributed by atoms with Crippen LogP contribution in [0.15, 0.2) is 72.8 Å². The van der Waals surface area contributed by atoms with Crippen molar-refractivity contribution >= 4 is 51.1 Å². The molecule has 0 heterocycles. The van der Waals surface area contributed by atoms with Crippen LogP contribution in [0.4, 0.5) is 10.5 Å². The molecule has 0 radical (unpaired) electrons. The van der Waals surface area contributed by atoms with E-state index in [2.05, 4.69) is 27.3 Å². The number of rotatable bonds is 9. The second-order valence-corrected chi connectivity index (χ2v) is 10.3. The van der Waals surface area contributed by atoms with E-state index in [1.54, 1.807) is 11.0 Å². The first-order valence-electron chi connectivity index (χ1n) is 11.8. The monoisotopic (exact) mass is 601 g/mol. The lowest BCUT2D eigenvalue weighted by molar-refractivity contribution is -0.134. The van der Waals surface area contributed by atoms with Crippen molar-refractivity contribution < 1.29 is 23.8 Å². The molecule has 3 aromatic rings. The van der Waals surface area contributed by atoms with Gasteiger partial charge in [-0.1, -0.05) is 60.7 Å². The highest BCUT2D eigenvalue weighted by molar-refractivity contribution is 14.1. The Kier molecular flexibility index (Phi) is 9.75. The molecule has 0 aromatic heterocycles. The number of ether oxygens (including phenoxy) is 3. The predicted octanol–water partition coefficient (Wildman–Crippen LogP) is 7.27. The predicted molar refractivity (Wildman–Crippen MR) is 151 cm³/mol. The molecule has 0 unspecified atom stereocenters. The first-order valence-corrected chi connectivity index (χ1v) is 12.9. The zero-order valence-electron chi connectivity index (χ0n) is 21.1. The summed E-state index contributed by atoms with van der Waals surface area (Å²) in [7, 11) is 1.34. The number of hydrogen-bond acceptors (Lipinski definition) is 5. The molecule has 7 heteroatoms. The Labute approximate surface area is 226 Å². The fourth-order valence-corrected chi connectivity index (χ4v) is 4.50. The third-order valence-electron chi connectivity index (χ3n) is 5.27. The van der Waals surface area contributed by atoms with Crippen molar-refractivity contribution in [3.63, 3.8) is 0 Å². The molecule has 36 heavy (non-hydrogen) atoms. The Bertz CT molecular complexity index is 1220. The smallest absolute Gasteiger partial charge is 0.414 e. The number of hydrogen-bond donors (Lipinski definition) is 0. The number of esters is 1. The topological polar surface area (TPSA) is 65.1 Å². The standard InChI is InChI=1S/C29H32INO5/c1-29(2,3)36-28(33)31(18-12-6-9-17-26(32)34-4)24-19-25(35-20-21-13-7-5-8-14-21)22-15-10-11-16-23(22)27(24)30/h5,7-11,13-17,19H,6,12,18,20H2,1-4H3. The molecule has 6 nitrogen and oxygen atoms in total. The first-order chi connectivity index (χ1) is 17.2. The van der Waals surface area contributed by atoms with Gasteiger partial charge in [-0.05, 0) is 61.8 Å². The molecular weight excluding hydrogens is 569 g/mol. The largest absolute Gasteiger partial charge is 0.488 e. The number of unbranched alkanes of at least 4 members (excludes halogenated alkanes) is 1. The quantitative estimate of drug-likeness (QED) is 0.112. The molecule has 0 aliphatic heterocycles. The lowest BCUT2D eigenvalue weighted by atomic mass is 10.1. The molecule has 0 bridgehead atoms. The average molecular weight is 601 g/mol. The molecule has 0 spiro atoms. The van der Waals surface area contributed by atoms with Gasteiger partial charge in [0.25, 0.3) is 0 Å². The maximum atomic E-state index is 13.3. The van der Waals surface area contributed by atoms with Crippen molar-refractivity contribution in [1.82, 2.24) is 0 Å². The summed E-state index contributed by atoms with van der Waals surface area (Å²) in [5, 5.41) is 1.98. The highest BCUT2D eigenvalue weighted by Gasteiger charge is 2.26. The van der Waals surface area contributed by atoms with Crippen LogP contribution in [0.3, 0.4) is 0 Å². The zero-order chi connectivity index (χ0) is 26.1. The molecule has 3 rings (SSSR count). The van der Waals surface area contributed by atoms with E-state index in [-0.39, 0.29) is 0 Å². The van der Waals surface area contributed by atoms with Crippen LogP contribution in [0.25, 0.3) is 10.8 Å². The minimum atomic E-state index is -0.644. The summed E-state index contributed by atoms with van der Waals surface area (Å²) in [6.07, 6.45) is 3.96. The van der Waals surface area contributed by atoms with Crippen LogP contribution in [-0.2, 0) is 20.9 Å². The molecule has 1 amide bonds. The number of fused-ring (bicyclic) bond motifs is 1. The van der Waals surface area contributed by atoms with Gasteiger partial charge in [-0.25, -0.2) is 9.59 Å². The number of halogens is 1. The van der Waals surface area contributed by atoms with E-state index in [1.807, 2.05) is 81.4 Å². The molecule has 0 aliphatic rings. The van der Waals surface area contributed by atoms with Gasteiger partial charge >= 0.3 is 12.1 Å². The van der Waals surface area contributed by atoms with Crippen molar-refractivity contribution in [2.24, 2.45) is 0 Å². The third-order valence-corrected chi connectivity index (χ3v) is 6.40. The summed E-state index contributed by atoms with van der Waals surface area (Å²) in [6, 6.07) is 19.9. The molecule has 0 saturated heterocycles. The second kappa shape index (κ2) is 12.8. The van der Waals surface area contributed by atoms with Gasteiger partial charge in [-0.2, -0.15) is 0 Å². The van der Waals surface area contributed by atoms with Gasteiger partial charge in [0.15, 0.2) is 0 Å². The molecule has 0 aliphatic carbocycles. The number of anilines is 1. The Hall–Kier alpha value is -3.07. The molecule has 3 aromatic carbocycles. The summed E-state index contributed by atoms with van der Waals surface area (Å²) in [5.74, 6) is 0.298. The molecule has 0 N–H and O–H groups in total. The number of nitrogens with zero attached hydrogens (tertiary/aromatic N) is 1. The molecule has 190 valence electrons. The van der Waals surface area contributed by atoms with Crippen molar-refractivity contribution in [2.45, 2.75) is 45.8 Å². The number of carbonyl (C=O) groups is 2. The van der Waals surface area contributed by atoms with E-state index in [9.17, 15) is 9.59 Å². The maximum Gasteiger partial charge on any atom is 0.414 e. The summed E-state index contributed by atoms with van der Waals surface area (Å²) in [4.78, 5) is 26.3. The zero-order valence-corrected chi connectivity index (χ0v) is 23.3. The van der Waals surface area contributed by atoms with E-state index >= 15 is 0 Å². The van der Waals surface area contributed by atoms with Gasteiger partial charge in [-0.3, -0.25) is 4.90 Å². The number of allylic oxidation sites excluding steroid dienone is 1. The molecule has 0 atom stereocenters. The van der Waals surface area contributed by atoms with Crippen molar-refractivity contribution in [3.05, 3.63) is 81.9 Å². The maximum absolute atomic E-state index is 13.3. The van der Waals surface area contributed by atoms with Gasteiger partial charge in [0.05, 0.1) is 12.8 Å². The van der Waals surface area contributed by atoms with Gasteiger partial charge in [-0.15, -0.1) is 0 Å². The summed E-state index contributed by atoms with van der Waals surface area (Å²) in [6.45, 7) is 6.37. The number of methoxy groups -OCH3 is 1. The van der Waals surface area contributed by atoms with Crippen molar-refractivity contribution in [2.75, 3.05) is 18.6 Å². The van der Waals surface area contributed by atoms with Gasteiger partial charge in [0.2, 0.25) is 0 Å². The van der Waals surface area contributed by atoms with Crippen LogP contribution in [0, 0.1) is 3.57 Å². The fraction of sp³-hybridized carbons (Fsp3) is 0.310. The molecule has 0 fully saturated rings. The van der Waals surface area contributed by atoms with Crippen LogP contribution < -0.4 is 9.64 Å². The van der Waals surface area contributed by atoms with Gasteiger partial charge < -0.3 is 14.2 Å². The van der Waals surface area contributed by atoms with E-state index < -0.39 is 17.7 Å². The van der Waals surface area contributed by atoms with Crippen LogP contribution in [0.5, 0.6) is 5.75 Å². The highest BCUT2D eigenvalue weighted by Crippen LogP contribution is 2.38. The molecular formula is C29H32INO5. The molecule has 0 saturated carbocycles. The summed E-state index contributed by atoms with van der Waals surface area (Å²) in [5.41, 5.74) is 1.14. The first kappa shape index (κ1) is 27.5. The summed E-state index contributed by atoms with van der Waals surface area (Å²) >= 11 is 2.28. The highest BCUT2D eigenvalue weighted by atomic mass is 127. The minimum Gasteiger partial charge on any atom is -0.488 e. The summed E-state index contributed by atoms with van der Waals surface area (Å²) < 4.78 is 17.6. The Morgan fingerprint density at radius 1 is 1.00 bits per heavy atom. The fourth-order valence-electron chi connectivity index (χ4n) is 3.59. The van der Waals surface area contributed by atoms with Gasteiger partial charge in [0.1, 0.15) is 18.0 Å². The SMILES string of the molecule is COC(=O)C=CCCCN(C(=O)OC(C)(C)C)c1cc(OCc2ccccc2)c2ccccc2c1I. The lowest BCUT2D eigenvalue weighted by Gasteiger charge is -2.29. The van der Waals surface area contributed by atoms with E-state index in [0.29, 0.717) is 31.7 Å². The number of benzene rings is 3. The Balaban J connectivity index is 1.96. The lowest BCUT2D eigenvalue weighted by Crippen LogP contribution is -2.38. The number of amides is 1. The van der Waals surface area contributed by atoms with Crippen LogP contribution in [0.2, 0.25) is 0 Å². The minimum absolute atomic E-state index is 0.400. The van der Waals surface area contributed by atoms with E-state index in [4.69, 9.17) is 9.47 Å². The average Bonchev–Trinajstić information content (AvgIpc) is 2.85. The Morgan fingerprint density at radius 2 is 1.67 bits per heavy atom. The van der Waals surface area contributed by atoms with E-state index in [0.717, 1.165) is 25.6 Å². The number of carbonyl (C=O) groups excluding carboxylic acids is 2. The normalized spacial score (nSPS) is 11.5. The van der Waals surface area contributed by atoms with Crippen molar-refractivity contribution in [3.8, 4) is 5.75 Å². The van der Waals surface area contributed by atoms with Crippen LogP contribution >= 0.6 is 22.6 Å². The van der Waals surface area contributed by atoms with Crippen molar-refractivity contribution in [1.29, 1.82) is 0 Å². The van der Waals surface area contributed by atoms with Gasteiger partial charge in [0, 0.05) is 33.0 Å². The Morgan fingerprint density at radius 3 is 2.33 bits per heavy atom. The van der Waals surface area contributed by atoms with Crippen LogP contribution in [0.1, 0.15) is 39.2 Å². The van der Waals surface area contributed by atoms with E-state index in [1.165, 1.54) is 13.2 Å². The third kappa shape index (κ3) is 7.71. The second-order valence-electron chi connectivity index (χ2n) is 9.23. The van der Waals surface area contributed by atoms with Crippen LogP contribution in [-0.4, -0.2) is 31.3 Å².